The van der Waals surface area contributed by atoms with E-state index in [-0.39, 0.29) is 0 Å². The van der Waals surface area contributed by atoms with Crippen LogP contribution in [0.25, 0.3) is 10.9 Å². The SMILES string of the molecule is Cc1cc(Br)cnc1N(C)c1c(C)[nH]c2ccccc12. The van der Waals surface area contributed by atoms with Gasteiger partial charge >= 0.3 is 0 Å². The summed E-state index contributed by atoms with van der Waals surface area (Å²) in [5.74, 6) is 0.973. The van der Waals surface area contributed by atoms with Gasteiger partial charge in [-0.15, -0.1) is 0 Å². The molecular formula is C16H16BrN3. The molecule has 0 aliphatic rings. The first-order valence-corrected chi connectivity index (χ1v) is 7.30. The first-order valence-electron chi connectivity index (χ1n) is 6.51. The molecule has 3 aromatic rings. The molecule has 0 aliphatic heterocycles. The van der Waals surface area contributed by atoms with Gasteiger partial charge in [0, 0.05) is 34.3 Å². The molecule has 0 spiro atoms. The number of para-hydroxylation sites is 1. The maximum absolute atomic E-state index is 4.55. The highest BCUT2D eigenvalue weighted by Gasteiger charge is 2.16. The lowest BCUT2D eigenvalue weighted by atomic mass is 10.2. The standard InChI is InChI=1S/C16H16BrN3/c1-10-8-12(17)9-18-16(10)20(3)15-11(2)19-14-7-5-4-6-13(14)15/h4-9,19H,1-3H3. The lowest BCUT2D eigenvalue weighted by Gasteiger charge is -2.20. The Bertz CT molecular complexity index is 776. The molecule has 0 radical (unpaired) electrons. The topological polar surface area (TPSA) is 31.9 Å². The molecule has 2 aromatic heterocycles. The van der Waals surface area contributed by atoms with Crippen LogP contribution in [-0.4, -0.2) is 17.0 Å². The molecule has 102 valence electrons. The van der Waals surface area contributed by atoms with Crippen molar-refractivity contribution in [3.63, 3.8) is 0 Å². The Balaban J connectivity index is 2.17. The van der Waals surface area contributed by atoms with Crippen LogP contribution in [0.1, 0.15) is 11.3 Å². The van der Waals surface area contributed by atoms with Gasteiger partial charge < -0.3 is 9.88 Å². The van der Waals surface area contributed by atoms with Crippen LogP contribution in [0, 0.1) is 13.8 Å². The van der Waals surface area contributed by atoms with E-state index in [2.05, 4.69) is 76.0 Å². The third-order valence-electron chi connectivity index (χ3n) is 3.53. The average molecular weight is 330 g/mol. The molecule has 3 nitrogen and oxygen atoms in total. The number of H-pyrrole nitrogens is 1. The average Bonchev–Trinajstić information content (AvgIpc) is 2.73. The van der Waals surface area contributed by atoms with Crippen molar-refractivity contribution in [2.75, 3.05) is 11.9 Å². The summed E-state index contributed by atoms with van der Waals surface area (Å²) in [6, 6.07) is 10.4. The first kappa shape index (κ1) is 13.2. The second kappa shape index (κ2) is 4.94. The van der Waals surface area contributed by atoms with E-state index in [0.717, 1.165) is 27.1 Å². The molecular weight excluding hydrogens is 314 g/mol. The molecule has 0 unspecified atom stereocenters. The Hall–Kier alpha value is -1.81. The number of nitrogens with zero attached hydrogens (tertiary/aromatic N) is 2. The number of anilines is 2. The molecule has 1 aromatic carbocycles. The van der Waals surface area contributed by atoms with Gasteiger partial charge in [0.05, 0.1) is 5.69 Å². The number of aryl methyl sites for hydroxylation is 2. The second-order valence-corrected chi connectivity index (χ2v) is 5.91. The van der Waals surface area contributed by atoms with Crippen LogP contribution in [0.2, 0.25) is 0 Å². The predicted octanol–water partition coefficient (Wildman–Crippen LogP) is 4.71. The van der Waals surface area contributed by atoms with E-state index in [1.54, 1.807) is 0 Å². The van der Waals surface area contributed by atoms with Gasteiger partial charge in [0.25, 0.3) is 0 Å². The number of hydrogen-bond acceptors (Lipinski definition) is 2. The van der Waals surface area contributed by atoms with Gasteiger partial charge in [-0.25, -0.2) is 4.98 Å². The van der Waals surface area contributed by atoms with Gasteiger partial charge in [-0.2, -0.15) is 0 Å². The van der Waals surface area contributed by atoms with E-state index in [4.69, 9.17) is 0 Å². The molecule has 20 heavy (non-hydrogen) atoms. The van der Waals surface area contributed by atoms with E-state index in [1.165, 1.54) is 11.1 Å². The van der Waals surface area contributed by atoms with Crippen LogP contribution < -0.4 is 4.90 Å². The van der Waals surface area contributed by atoms with Gasteiger partial charge in [0.1, 0.15) is 5.82 Å². The minimum Gasteiger partial charge on any atom is -0.357 e. The van der Waals surface area contributed by atoms with Gasteiger partial charge in [0.2, 0.25) is 0 Å². The third-order valence-corrected chi connectivity index (χ3v) is 3.96. The van der Waals surface area contributed by atoms with Crippen molar-refractivity contribution in [2.24, 2.45) is 0 Å². The summed E-state index contributed by atoms with van der Waals surface area (Å²) in [5, 5.41) is 1.22. The Morgan fingerprint density at radius 1 is 1.20 bits per heavy atom. The van der Waals surface area contributed by atoms with Crippen LogP contribution in [0.3, 0.4) is 0 Å². The number of halogens is 1. The van der Waals surface area contributed by atoms with E-state index < -0.39 is 0 Å². The summed E-state index contributed by atoms with van der Waals surface area (Å²) < 4.78 is 1.00. The van der Waals surface area contributed by atoms with Gasteiger partial charge in [-0.05, 0) is 47.5 Å². The molecule has 0 aliphatic carbocycles. The molecule has 0 bridgehead atoms. The zero-order valence-corrected chi connectivity index (χ0v) is 13.3. The minimum atomic E-state index is 0.973. The first-order chi connectivity index (χ1) is 9.58. The molecule has 0 fully saturated rings. The summed E-state index contributed by atoms with van der Waals surface area (Å²) in [4.78, 5) is 10.1. The van der Waals surface area contributed by atoms with Crippen molar-refractivity contribution in [2.45, 2.75) is 13.8 Å². The maximum Gasteiger partial charge on any atom is 0.135 e. The Morgan fingerprint density at radius 3 is 2.70 bits per heavy atom. The zero-order chi connectivity index (χ0) is 14.3. The van der Waals surface area contributed by atoms with Crippen LogP contribution in [0.15, 0.2) is 41.0 Å². The van der Waals surface area contributed by atoms with Crippen molar-refractivity contribution >= 4 is 38.3 Å². The maximum atomic E-state index is 4.55. The highest BCUT2D eigenvalue weighted by molar-refractivity contribution is 9.10. The number of benzene rings is 1. The van der Waals surface area contributed by atoms with Crippen molar-refractivity contribution < 1.29 is 0 Å². The fourth-order valence-electron chi connectivity index (χ4n) is 2.68. The van der Waals surface area contributed by atoms with Crippen molar-refractivity contribution in [1.29, 1.82) is 0 Å². The number of fused-ring (bicyclic) bond motifs is 1. The van der Waals surface area contributed by atoms with Crippen LogP contribution in [-0.2, 0) is 0 Å². The Labute approximate surface area is 126 Å². The smallest absolute Gasteiger partial charge is 0.135 e. The fourth-order valence-corrected chi connectivity index (χ4v) is 3.13. The Morgan fingerprint density at radius 2 is 1.95 bits per heavy atom. The number of hydrogen-bond donors (Lipinski definition) is 1. The third kappa shape index (κ3) is 2.10. The molecule has 0 saturated heterocycles. The number of aromatic amines is 1. The molecule has 0 atom stereocenters. The highest BCUT2D eigenvalue weighted by atomic mass is 79.9. The van der Waals surface area contributed by atoms with E-state index in [0.29, 0.717) is 0 Å². The molecule has 2 heterocycles. The summed E-state index contributed by atoms with van der Waals surface area (Å²) in [6.45, 7) is 4.17. The van der Waals surface area contributed by atoms with E-state index in [9.17, 15) is 0 Å². The molecule has 3 rings (SSSR count). The van der Waals surface area contributed by atoms with Crippen LogP contribution in [0.4, 0.5) is 11.5 Å². The Kier molecular flexibility index (Phi) is 3.26. The van der Waals surface area contributed by atoms with Crippen molar-refractivity contribution in [3.8, 4) is 0 Å². The number of nitrogens with one attached hydrogen (secondary N) is 1. The summed E-state index contributed by atoms with van der Waals surface area (Å²) in [7, 11) is 2.06. The largest absolute Gasteiger partial charge is 0.357 e. The van der Waals surface area contributed by atoms with Crippen molar-refractivity contribution in [3.05, 3.63) is 52.3 Å². The van der Waals surface area contributed by atoms with Gasteiger partial charge in [0.15, 0.2) is 0 Å². The minimum absolute atomic E-state index is 0.973. The van der Waals surface area contributed by atoms with Gasteiger partial charge in [-0.1, -0.05) is 18.2 Å². The zero-order valence-electron chi connectivity index (χ0n) is 11.7. The quantitative estimate of drug-likeness (QED) is 0.738. The van der Waals surface area contributed by atoms with Crippen LogP contribution in [0.5, 0.6) is 0 Å². The molecule has 1 N–H and O–H groups in total. The summed E-state index contributed by atoms with van der Waals surface area (Å²) >= 11 is 3.46. The van der Waals surface area contributed by atoms with Crippen LogP contribution >= 0.6 is 15.9 Å². The summed E-state index contributed by atoms with van der Waals surface area (Å²) in [5.41, 5.74) is 4.63. The van der Waals surface area contributed by atoms with Crippen molar-refractivity contribution in [1.82, 2.24) is 9.97 Å². The normalized spacial score (nSPS) is 11.0. The molecule has 0 saturated carbocycles. The molecule has 4 heteroatoms. The number of pyridine rings is 1. The highest BCUT2D eigenvalue weighted by Crippen LogP contribution is 2.35. The lowest BCUT2D eigenvalue weighted by Crippen LogP contribution is -2.13. The lowest BCUT2D eigenvalue weighted by molar-refractivity contribution is 1.09. The van der Waals surface area contributed by atoms with Gasteiger partial charge in [-0.3, -0.25) is 0 Å². The van der Waals surface area contributed by atoms with E-state index in [1.807, 2.05) is 12.3 Å². The summed E-state index contributed by atoms with van der Waals surface area (Å²) in [6.07, 6.45) is 1.84. The second-order valence-electron chi connectivity index (χ2n) is 5.00. The predicted molar refractivity (Wildman–Crippen MR) is 87.8 cm³/mol. The number of aromatic nitrogens is 2. The number of rotatable bonds is 2. The fraction of sp³-hybridized carbons (Fsp3) is 0.188. The monoisotopic (exact) mass is 329 g/mol. The van der Waals surface area contributed by atoms with E-state index >= 15 is 0 Å². The molecule has 0 amide bonds.